The number of nitrogens with zero attached hydrogens (tertiary/aromatic N) is 2. The minimum absolute atomic E-state index is 0.103. The molecule has 5 nitrogen and oxygen atoms in total. The van der Waals surface area contributed by atoms with Gasteiger partial charge in [0.15, 0.2) is 6.23 Å². The summed E-state index contributed by atoms with van der Waals surface area (Å²) in [6.07, 6.45) is -0.416. The fourth-order valence-electron chi connectivity index (χ4n) is 2.82. The topological polar surface area (TPSA) is 44.8 Å². The highest BCUT2D eigenvalue weighted by Crippen LogP contribution is 2.17. The lowest BCUT2D eigenvalue weighted by Crippen LogP contribution is -2.53. The Bertz CT molecular complexity index is 686. The summed E-state index contributed by atoms with van der Waals surface area (Å²) in [4.78, 5) is 16.5. The Kier molecular flexibility index (Phi) is 5.66. The highest BCUT2D eigenvalue weighted by Gasteiger charge is 2.22. The maximum atomic E-state index is 12.4. The number of carbonyl (C=O) groups is 1. The summed E-state index contributed by atoms with van der Waals surface area (Å²) in [7, 11) is 0. The van der Waals surface area contributed by atoms with Crippen LogP contribution in [0.4, 0.5) is 10.5 Å². The van der Waals surface area contributed by atoms with Gasteiger partial charge in [0, 0.05) is 36.9 Å². The molecule has 0 aromatic heterocycles. The number of amides is 2. The number of para-hydroxylation sites is 1. The first kappa shape index (κ1) is 17.4. The Balaban J connectivity index is 1.46. The fourth-order valence-corrected chi connectivity index (χ4v) is 2.94. The van der Waals surface area contributed by atoms with Crippen LogP contribution in [0.5, 0.6) is 5.75 Å². The lowest BCUT2D eigenvalue weighted by Gasteiger charge is -2.36. The van der Waals surface area contributed by atoms with Crippen molar-refractivity contribution in [3.05, 3.63) is 59.6 Å². The van der Waals surface area contributed by atoms with Crippen LogP contribution in [0.1, 0.15) is 6.92 Å². The van der Waals surface area contributed by atoms with E-state index >= 15 is 0 Å². The summed E-state index contributed by atoms with van der Waals surface area (Å²) < 4.78 is 5.69. The number of ether oxygens (including phenoxy) is 1. The maximum Gasteiger partial charge on any atom is 0.320 e. The molecular formula is C19H22ClN3O2. The van der Waals surface area contributed by atoms with Crippen LogP contribution < -0.4 is 15.0 Å². The number of hydrogen-bond donors (Lipinski definition) is 1. The molecule has 1 unspecified atom stereocenters. The number of anilines is 1. The first-order chi connectivity index (χ1) is 12.1. The van der Waals surface area contributed by atoms with Crippen LogP contribution in [-0.4, -0.2) is 43.3 Å². The number of piperazine rings is 1. The van der Waals surface area contributed by atoms with E-state index in [1.54, 1.807) is 24.3 Å². The average molecular weight is 360 g/mol. The lowest BCUT2D eigenvalue weighted by molar-refractivity contribution is 0.151. The van der Waals surface area contributed by atoms with Crippen LogP contribution in [0.3, 0.4) is 0 Å². The Hall–Kier alpha value is -2.40. The minimum atomic E-state index is -0.416. The molecule has 0 aliphatic carbocycles. The second-order valence-electron chi connectivity index (χ2n) is 5.97. The summed E-state index contributed by atoms with van der Waals surface area (Å²) in [5.74, 6) is 0.672. The zero-order chi connectivity index (χ0) is 17.6. The van der Waals surface area contributed by atoms with Crippen molar-refractivity contribution in [2.24, 2.45) is 0 Å². The van der Waals surface area contributed by atoms with Gasteiger partial charge in [0.2, 0.25) is 0 Å². The first-order valence-electron chi connectivity index (χ1n) is 8.39. The molecule has 2 amide bonds. The van der Waals surface area contributed by atoms with Crippen LogP contribution in [0.25, 0.3) is 0 Å². The van der Waals surface area contributed by atoms with E-state index in [9.17, 15) is 4.79 Å². The molecule has 6 heteroatoms. The molecule has 2 aromatic carbocycles. The predicted molar refractivity (Wildman–Crippen MR) is 100 cm³/mol. The Morgan fingerprint density at radius 1 is 1.04 bits per heavy atom. The molecule has 2 aromatic rings. The number of rotatable bonds is 4. The van der Waals surface area contributed by atoms with Crippen LogP contribution in [0.2, 0.25) is 5.02 Å². The molecule has 1 atom stereocenters. The van der Waals surface area contributed by atoms with Gasteiger partial charge in [-0.25, -0.2) is 4.79 Å². The van der Waals surface area contributed by atoms with Gasteiger partial charge in [-0.05, 0) is 43.3 Å². The van der Waals surface area contributed by atoms with Crippen LogP contribution in [-0.2, 0) is 0 Å². The largest absolute Gasteiger partial charge is 0.471 e. The number of nitrogens with one attached hydrogen (secondary N) is 1. The van der Waals surface area contributed by atoms with E-state index in [1.165, 1.54) is 5.69 Å². The Morgan fingerprint density at radius 3 is 2.32 bits per heavy atom. The molecule has 1 fully saturated rings. The van der Waals surface area contributed by atoms with E-state index < -0.39 is 6.23 Å². The van der Waals surface area contributed by atoms with Crippen molar-refractivity contribution >= 4 is 23.3 Å². The normalized spacial score (nSPS) is 15.6. The van der Waals surface area contributed by atoms with Crippen molar-refractivity contribution in [1.82, 2.24) is 10.2 Å². The van der Waals surface area contributed by atoms with E-state index in [2.05, 4.69) is 22.3 Å². The highest BCUT2D eigenvalue weighted by atomic mass is 35.5. The van der Waals surface area contributed by atoms with Crippen molar-refractivity contribution in [2.45, 2.75) is 13.2 Å². The third kappa shape index (κ3) is 4.79. The second kappa shape index (κ2) is 8.12. The van der Waals surface area contributed by atoms with E-state index in [1.807, 2.05) is 30.0 Å². The van der Waals surface area contributed by atoms with Gasteiger partial charge in [-0.3, -0.25) is 0 Å². The molecule has 1 N–H and O–H groups in total. The summed E-state index contributed by atoms with van der Waals surface area (Å²) >= 11 is 5.85. The maximum absolute atomic E-state index is 12.4. The van der Waals surface area contributed by atoms with Crippen molar-refractivity contribution in [1.29, 1.82) is 0 Å². The van der Waals surface area contributed by atoms with Gasteiger partial charge < -0.3 is 19.9 Å². The molecule has 1 aliphatic heterocycles. The van der Waals surface area contributed by atoms with Crippen LogP contribution in [0.15, 0.2) is 54.6 Å². The van der Waals surface area contributed by atoms with Gasteiger partial charge in [-0.2, -0.15) is 0 Å². The standard InChI is InChI=1S/C19H22ClN3O2/c1-15(25-18-9-7-16(20)8-10-18)21-19(24)23-13-11-22(12-14-23)17-5-3-2-4-6-17/h2-10,15H,11-14H2,1H3,(H,21,24). The van der Waals surface area contributed by atoms with Crippen molar-refractivity contribution < 1.29 is 9.53 Å². The summed E-state index contributed by atoms with van der Waals surface area (Å²) in [5.41, 5.74) is 1.20. The lowest BCUT2D eigenvalue weighted by atomic mass is 10.2. The predicted octanol–water partition coefficient (Wildman–Crippen LogP) is 3.60. The van der Waals surface area contributed by atoms with E-state index in [-0.39, 0.29) is 6.03 Å². The highest BCUT2D eigenvalue weighted by molar-refractivity contribution is 6.30. The molecule has 0 radical (unpaired) electrons. The zero-order valence-corrected chi connectivity index (χ0v) is 14.9. The molecule has 1 saturated heterocycles. The summed E-state index contributed by atoms with van der Waals surface area (Å²) in [5, 5.41) is 3.53. The SMILES string of the molecule is CC(NC(=O)N1CCN(c2ccccc2)CC1)Oc1ccc(Cl)cc1. The Morgan fingerprint density at radius 2 is 1.68 bits per heavy atom. The fraction of sp³-hybridized carbons (Fsp3) is 0.316. The first-order valence-corrected chi connectivity index (χ1v) is 8.77. The molecular weight excluding hydrogens is 338 g/mol. The van der Waals surface area contributed by atoms with Crippen molar-refractivity contribution in [3.63, 3.8) is 0 Å². The van der Waals surface area contributed by atoms with Gasteiger partial charge in [0.1, 0.15) is 5.75 Å². The van der Waals surface area contributed by atoms with Gasteiger partial charge in [0.05, 0.1) is 0 Å². The number of halogens is 1. The van der Waals surface area contributed by atoms with E-state index in [4.69, 9.17) is 16.3 Å². The van der Waals surface area contributed by atoms with Gasteiger partial charge in [0.25, 0.3) is 0 Å². The van der Waals surface area contributed by atoms with E-state index in [0.717, 1.165) is 13.1 Å². The molecule has 0 saturated carbocycles. The van der Waals surface area contributed by atoms with E-state index in [0.29, 0.717) is 23.9 Å². The number of benzene rings is 2. The quantitative estimate of drug-likeness (QED) is 0.848. The molecule has 0 bridgehead atoms. The number of carbonyl (C=O) groups excluding carboxylic acids is 1. The zero-order valence-electron chi connectivity index (χ0n) is 14.2. The molecule has 25 heavy (non-hydrogen) atoms. The van der Waals surface area contributed by atoms with Crippen LogP contribution in [0, 0.1) is 0 Å². The molecule has 3 rings (SSSR count). The number of hydrogen-bond acceptors (Lipinski definition) is 3. The summed E-state index contributed by atoms with van der Waals surface area (Å²) in [6, 6.07) is 17.2. The van der Waals surface area contributed by atoms with Crippen molar-refractivity contribution in [3.8, 4) is 5.75 Å². The third-order valence-electron chi connectivity index (χ3n) is 4.14. The average Bonchev–Trinajstić information content (AvgIpc) is 2.64. The van der Waals surface area contributed by atoms with Crippen molar-refractivity contribution in [2.75, 3.05) is 31.1 Å². The minimum Gasteiger partial charge on any atom is -0.471 e. The third-order valence-corrected chi connectivity index (χ3v) is 4.39. The molecule has 0 spiro atoms. The smallest absolute Gasteiger partial charge is 0.320 e. The summed E-state index contributed by atoms with van der Waals surface area (Å²) in [6.45, 7) is 4.84. The van der Waals surface area contributed by atoms with Gasteiger partial charge >= 0.3 is 6.03 Å². The monoisotopic (exact) mass is 359 g/mol. The molecule has 1 aliphatic rings. The second-order valence-corrected chi connectivity index (χ2v) is 6.41. The van der Waals surface area contributed by atoms with Gasteiger partial charge in [-0.15, -0.1) is 0 Å². The Labute approximate surface area is 153 Å². The molecule has 132 valence electrons. The number of urea groups is 1. The van der Waals surface area contributed by atoms with Gasteiger partial charge in [-0.1, -0.05) is 29.8 Å². The van der Waals surface area contributed by atoms with Crippen LogP contribution >= 0.6 is 11.6 Å². The molecule has 1 heterocycles.